The molecule has 0 saturated carbocycles. The van der Waals surface area contributed by atoms with Crippen LogP contribution in [0.3, 0.4) is 0 Å². The second-order valence-electron chi connectivity index (χ2n) is 10.9. The zero-order chi connectivity index (χ0) is 31.4. The summed E-state index contributed by atoms with van der Waals surface area (Å²) in [5.41, 5.74) is 27.0. The monoisotopic (exact) mass is 628 g/mol. The van der Waals surface area contributed by atoms with Gasteiger partial charge in [-0.25, -0.2) is 0 Å². The van der Waals surface area contributed by atoms with Gasteiger partial charge >= 0.3 is 0 Å². The van der Waals surface area contributed by atoms with Crippen LogP contribution < -0.4 is 41.9 Å². The number of hydrogen-bond donors (Lipinski definition) is 4. The summed E-state index contributed by atoms with van der Waals surface area (Å²) in [6.45, 7) is 4.54. The van der Waals surface area contributed by atoms with Gasteiger partial charge in [-0.1, -0.05) is 12.1 Å². The fraction of sp³-hybridized carbons (Fsp3) is 0.333. The van der Waals surface area contributed by atoms with Crippen molar-refractivity contribution < 1.29 is 18.9 Å². The van der Waals surface area contributed by atoms with E-state index in [1.165, 1.54) is 20.2 Å². The molecule has 0 spiro atoms. The molecule has 0 fully saturated rings. The molecular weight excluding hydrogens is 584 g/mol. The number of nitrogens with two attached hydrogens (primary N) is 4. The lowest BCUT2D eigenvalue weighted by molar-refractivity contribution is 0.298. The van der Waals surface area contributed by atoms with E-state index in [4.69, 9.17) is 41.9 Å². The Morgan fingerprint density at radius 3 is 1.04 bits per heavy atom. The van der Waals surface area contributed by atoms with Crippen LogP contribution in [0.2, 0.25) is 0 Å². The zero-order valence-electron chi connectivity index (χ0n) is 25.8. The van der Waals surface area contributed by atoms with Crippen molar-refractivity contribution in [1.82, 2.24) is 0 Å². The number of rotatable bonds is 18. The van der Waals surface area contributed by atoms with Gasteiger partial charge in [-0.15, -0.1) is 11.3 Å². The lowest BCUT2D eigenvalue weighted by Gasteiger charge is -2.13. The molecule has 8 nitrogen and oxygen atoms in total. The van der Waals surface area contributed by atoms with Gasteiger partial charge < -0.3 is 41.9 Å². The Morgan fingerprint density at radius 2 is 0.733 bits per heavy atom. The Hall–Kier alpha value is -3.86. The van der Waals surface area contributed by atoms with E-state index in [0.29, 0.717) is 52.6 Å². The van der Waals surface area contributed by atoms with Crippen LogP contribution in [0.1, 0.15) is 25.7 Å². The first-order chi connectivity index (χ1) is 22.1. The van der Waals surface area contributed by atoms with E-state index in [2.05, 4.69) is 60.7 Å². The highest BCUT2D eigenvalue weighted by atomic mass is 32.1. The van der Waals surface area contributed by atoms with Crippen LogP contribution >= 0.6 is 11.3 Å². The van der Waals surface area contributed by atoms with Crippen LogP contribution in [0, 0.1) is 0 Å². The van der Waals surface area contributed by atoms with E-state index in [1.807, 2.05) is 12.1 Å². The molecule has 5 rings (SSSR count). The predicted molar refractivity (Wildman–Crippen MR) is 187 cm³/mol. The van der Waals surface area contributed by atoms with Crippen LogP contribution in [0.4, 0.5) is 0 Å². The van der Waals surface area contributed by atoms with E-state index < -0.39 is 0 Å². The molecular formula is C36H44N4O4S. The number of thiophene rings is 1. The molecule has 0 aliphatic rings. The van der Waals surface area contributed by atoms with Crippen molar-refractivity contribution in [2.75, 3.05) is 52.6 Å². The number of ether oxygens (including phenoxy) is 4. The highest BCUT2D eigenvalue weighted by Crippen LogP contribution is 2.40. The Balaban J connectivity index is 1.51. The molecule has 0 radical (unpaired) electrons. The standard InChI is InChI=1S/C36H44N4O4S/c37-9-1-13-41-29-17-27(18-30(23-29)42-14-2-10-38)25-5-7-35-33(21-25)34-22-26(6-8-36(34)45-35)28-19-31(43-15-3-11-39)24-32(20-28)44-16-4-12-40/h5-8,17-24H,1-4,9-16,37-40H2. The molecule has 0 amide bonds. The smallest absolute Gasteiger partial charge is 0.123 e. The normalized spacial score (nSPS) is 11.3. The summed E-state index contributed by atoms with van der Waals surface area (Å²) >= 11 is 1.79. The third kappa shape index (κ3) is 8.65. The van der Waals surface area contributed by atoms with Gasteiger partial charge in [0.25, 0.3) is 0 Å². The highest BCUT2D eigenvalue weighted by Gasteiger charge is 2.13. The average Bonchev–Trinajstić information content (AvgIpc) is 3.42. The zero-order valence-corrected chi connectivity index (χ0v) is 26.6. The van der Waals surface area contributed by atoms with E-state index in [-0.39, 0.29) is 0 Å². The molecule has 5 aromatic rings. The molecule has 1 aromatic heterocycles. The Labute approximate surface area is 269 Å². The summed E-state index contributed by atoms with van der Waals surface area (Å²) < 4.78 is 26.6. The maximum Gasteiger partial charge on any atom is 0.123 e. The van der Waals surface area contributed by atoms with Crippen LogP contribution in [-0.2, 0) is 0 Å². The molecule has 0 aliphatic carbocycles. The van der Waals surface area contributed by atoms with E-state index in [9.17, 15) is 0 Å². The maximum absolute atomic E-state index is 6.03. The van der Waals surface area contributed by atoms with Gasteiger partial charge in [0, 0.05) is 32.3 Å². The molecule has 45 heavy (non-hydrogen) atoms. The van der Waals surface area contributed by atoms with Gasteiger partial charge in [0.1, 0.15) is 23.0 Å². The van der Waals surface area contributed by atoms with Crippen LogP contribution in [0.15, 0.2) is 72.8 Å². The van der Waals surface area contributed by atoms with E-state index >= 15 is 0 Å². The summed E-state index contributed by atoms with van der Waals surface area (Å²) in [4.78, 5) is 0. The first kappa shape index (κ1) is 32.5. The third-order valence-corrected chi connectivity index (χ3v) is 8.52. The molecule has 0 aliphatic heterocycles. The second-order valence-corrected chi connectivity index (χ2v) is 12.0. The SMILES string of the molecule is NCCCOc1cc(OCCCN)cc(-c2ccc3sc4ccc(-c5cc(OCCCN)cc(OCCCN)c5)cc4c3c2)c1. The van der Waals surface area contributed by atoms with E-state index in [1.54, 1.807) is 11.3 Å². The number of benzene rings is 4. The van der Waals surface area contributed by atoms with Crippen molar-refractivity contribution in [1.29, 1.82) is 0 Å². The number of hydrogen-bond acceptors (Lipinski definition) is 9. The minimum atomic E-state index is 0.554. The van der Waals surface area contributed by atoms with E-state index in [0.717, 1.165) is 70.9 Å². The van der Waals surface area contributed by atoms with Gasteiger partial charge in [-0.3, -0.25) is 0 Å². The highest BCUT2D eigenvalue weighted by molar-refractivity contribution is 7.25. The van der Waals surface area contributed by atoms with Gasteiger partial charge in [0.2, 0.25) is 0 Å². The molecule has 0 bridgehead atoms. The van der Waals surface area contributed by atoms with Crippen molar-refractivity contribution in [2.45, 2.75) is 25.7 Å². The van der Waals surface area contributed by atoms with Gasteiger partial charge in [-0.05, 0) is 123 Å². The maximum atomic E-state index is 6.03. The first-order valence-corrected chi connectivity index (χ1v) is 16.5. The Morgan fingerprint density at radius 1 is 0.400 bits per heavy atom. The van der Waals surface area contributed by atoms with Crippen molar-refractivity contribution in [3.8, 4) is 45.3 Å². The molecule has 4 aromatic carbocycles. The molecule has 8 N–H and O–H groups in total. The number of fused-ring (bicyclic) bond motifs is 3. The lowest BCUT2D eigenvalue weighted by Crippen LogP contribution is -2.07. The molecule has 1 heterocycles. The van der Waals surface area contributed by atoms with Crippen LogP contribution in [-0.4, -0.2) is 52.6 Å². The molecule has 0 saturated heterocycles. The van der Waals surface area contributed by atoms with Crippen molar-refractivity contribution in [3.63, 3.8) is 0 Å². The molecule has 0 unspecified atom stereocenters. The first-order valence-electron chi connectivity index (χ1n) is 15.7. The molecule has 9 heteroatoms. The van der Waals surface area contributed by atoms with Gasteiger partial charge in [0.15, 0.2) is 0 Å². The van der Waals surface area contributed by atoms with Gasteiger partial charge in [0.05, 0.1) is 26.4 Å². The summed E-state index contributed by atoms with van der Waals surface area (Å²) in [6.07, 6.45) is 3.14. The quantitative estimate of drug-likeness (QED) is 0.0829. The third-order valence-electron chi connectivity index (χ3n) is 7.36. The Kier molecular flexibility index (Phi) is 11.9. The summed E-state index contributed by atoms with van der Waals surface area (Å²) in [5.74, 6) is 3.05. The molecule has 238 valence electrons. The van der Waals surface area contributed by atoms with Crippen molar-refractivity contribution in [3.05, 3.63) is 72.8 Å². The second kappa shape index (κ2) is 16.5. The summed E-state index contributed by atoms with van der Waals surface area (Å²) in [5, 5.41) is 2.40. The average molecular weight is 629 g/mol. The minimum Gasteiger partial charge on any atom is -0.493 e. The Bertz CT molecular complexity index is 1510. The molecule has 0 atom stereocenters. The fourth-order valence-corrected chi connectivity index (χ4v) is 6.11. The van der Waals surface area contributed by atoms with Crippen molar-refractivity contribution >= 4 is 31.5 Å². The summed E-state index contributed by atoms with van der Waals surface area (Å²) in [7, 11) is 0. The van der Waals surface area contributed by atoms with Crippen LogP contribution in [0.5, 0.6) is 23.0 Å². The minimum absolute atomic E-state index is 0.554. The van der Waals surface area contributed by atoms with Crippen molar-refractivity contribution in [2.24, 2.45) is 22.9 Å². The largest absolute Gasteiger partial charge is 0.493 e. The summed E-state index contributed by atoms with van der Waals surface area (Å²) in [6, 6.07) is 25.4. The van der Waals surface area contributed by atoms with Crippen LogP contribution in [0.25, 0.3) is 42.4 Å². The lowest BCUT2D eigenvalue weighted by atomic mass is 9.99. The predicted octanol–water partition coefficient (Wildman–Crippen LogP) is 6.30. The fourth-order valence-electron chi connectivity index (χ4n) is 5.04. The topological polar surface area (TPSA) is 141 Å². The van der Waals surface area contributed by atoms with Gasteiger partial charge in [-0.2, -0.15) is 0 Å².